The van der Waals surface area contributed by atoms with Crippen molar-refractivity contribution in [1.82, 2.24) is 9.29 Å². The third kappa shape index (κ3) is 4.36. The van der Waals surface area contributed by atoms with Gasteiger partial charge in [-0.05, 0) is 55.7 Å². The SMILES string of the molecule is Cc1cc(C)c2cc(CN(CCCO)S(=O)(=O)c3ccc4c(c3)OCCO4)c(=O)[nH]c2c1. The molecule has 32 heavy (non-hydrogen) atoms. The van der Waals surface area contributed by atoms with Crippen LogP contribution in [-0.2, 0) is 16.6 Å². The lowest BCUT2D eigenvalue weighted by atomic mass is 10.0. The Hall–Kier alpha value is -2.88. The van der Waals surface area contributed by atoms with Gasteiger partial charge in [0.1, 0.15) is 13.2 Å². The molecule has 2 N–H and O–H groups in total. The summed E-state index contributed by atoms with van der Waals surface area (Å²) < 4.78 is 39.1. The van der Waals surface area contributed by atoms with Crippen molar-refractivity contribution in [2.75, 3.05) is 26.4 Å². The predicted molar refractivity (Wildman–Crippen MR) is 121 cm³/mol. The Kier molecular flexibility index (Phi) is 6.23. The Labute approximate surface area is 186 Å². The van der Waals surface area contributed by atoms with Crippen molar-refractivity contribution >= 4 is 20.9 Å². The van der Waals surface area contributed by atoms with Gasteiger partial charge in [0, 0.05) is 42.2 Å². The monoisotopic (exact) mass is 458 g/mol. The summed E-state index contributed by atoms with van der Waals surface area (Å²) in [5, 5.41) is 10.2. The first-order chi connectivity index (χ1) is 15.3. The number of aryl methyl sites for hydroxylation is 2. The summed E-state index contributed by atoms with van der Waals surface area (Å²) in [6.45, 7) is 4.44. The van der Waals surface area contributed by atoms with Crippen molar-refractivity contribution in [3.05, 3.63) is 63.4 Å². The number of sulfonamides is 1. The van der Waals surface area contributed by atoms with Crippen molar-refractivity contribution in [2.45, 2.75) is 31.7 Å². The van der Waals surface area contributed by atoms with Crippen molar-refractivity contribution in [1.29, 1.82) is 0 Å². The minimum absolute atomic E-state index is 0.0451. The van der Waals surface area contributed by atoms with Crippen LogP contribution in [0.25, 0.3) is 10.9 Å². The minimum atomic E-state index is -3.96. The summed E-state index contributed by atoms with van der Waals surface area (Å²) in [5.74, 6) is 0.864. The van der Waals surface area contributed by atoms with E-state index < -0.39 is 10.0 Å². The maximum Gasteiger partial charge on any atom is 0.252 e. The zero-order valence-electron chi connectivity index (χ0n) is 18.1. The van der Waals surface area contributed by atoms with Gasteiger partial charge in [-0.3, -0.25) is 4.79 Å². The lowest BCUT2D eigenvalue weighted by molar-refractivity contribution is 0.171. The number of ether oxygens (including phenoxy) is 2. The van der Waals surface area contributed by atoms with Crippen LogP contribution in [0, 0.1) is 13.8 Å². The van der Waals surface area contributed by atoms with Crippen LogP contribution in [0.1, 0.15) is 23.1 Å². The van der Waals surface area contributed by atoms with Gasteiger partial charge in [0.05, 0.1) is 4.90 Å². The quantitative estimate of drug-likeness (QED) is 0.563. The standard InChI is InChI=1S/C23H26N2O6S/c1-15-10-16(2)19-12-17(23(27)24-20(19)11-15)14-25(6-3-7-26)32(28,29)18-4-5-21-22(13-18)31-9-8-30-21/h4-5,10-13,26H,3,6-9,14H2,1-2H3,(H,24,27). The number of hydrogen-bond donors (Lipinski definition) is 2. The van der Waals surface area contributed by atoms with Gasteiger partial charge in [0.15, 0.2) is 11.5 Å². The average molecular weight is 459 g/mol. The number of nitrogens with zero attached hydrogens (tertiary/aromatic N) is 1. The van der Waals surface area contributed by atoms with Crippen LogP contribution in [0.15, 0.2) is 46.1 Å². The van der Waals surface area contributed by atoms with Gasteiger partial charge in [-0.2, -0.15) is 4.31 Å². The highest BCUT2D eigenvalue weighted by molar-refractivity contribution is 7.89. The molecule has 0 spiro atoms. The van der Waals surface area contributed by atoms with Crippen molar-refractivity contribution in [2.24, 2.45) is 0 Å². The molecule has 0 bridgehead atoms. The Balaban J connectivity index is 1.73. The number of aromatic nitrogens is 1. The molecule has 0 radical (unpaired) electrons. The molecule has 0 unspecified atom stereocenters. The van der Waals surface area contributed by atoms with Gasteiger partial charge in [-0.15, -0.1) is 0 Å². The Morgan fingerprint density at radius 1 is 1.06 bits per heavy atom. The van der Waals surface area contributed by atoms with E-state index in [1.54, 1.807) is 12.1 Å². The number of nitrogens with one attached hydrogen (secondary N) is 1. The van der Waals surface area contributed by atoms with E-state index in [0.717, 1.165) is 16.5 Å². The minimum Gasteiger partial charge on any atom is -0.486 e. The second-order valence-electron chi connectivity index (χ2n) is 7.89. The largest absolute Gasteiger partial charge is 0.486 e. The fourth-order valence-corrected chi connectivity index (χ4v) is 5.36. The molecular weight excluding hydrogens is 432 g/mol. The molecular formula is C23H26N2O6S. The van der Waals surface area contributed by atoms with Crippen molar-refractivity contribution in [3.63, 3.8) is 0 Å². The third-order valence-electron chi connectivity index (χ3n) is 5.45. The Bertz CT molecular complexity index is 1320. The number of aromatic amines is 1. The normalized spacial score (nSPS) is 13.6. The molecule has 1 aliphatic heterocycles. The number of benzene rings is 2. The van der Waals surface area contributed by atoms with Gasteiger partial charge < -0.3 is 19.6 Å². The summed E-state index contributed by atoms with van der Waals surface area (Å²) in [6.07, 6.45) is 0.244. The highest BCUT2D eigenvalue weighted by Crippen LogP contribution is 2.33. The molecule has 170 valence electrons. The number of aliphatic hydroxyl groups excluding tert-OH is 1. The summed E-state index contributed by atoms with van der Waals surface area (Å²) >= 11 is 0. The van der Waals surface area contributed by atoms with Crippen LogP contribution in [0.2, 0.25) is 0 Å². The second kappa shape index (κ2) is 8.93. The maximum atomic E-state index is 13.5. The lowest BCUT2D eigenvalue weighted by Crippen LogP contribution is -2.34. The zero-order chi connectivity index (χ0) is 22.9. The molecule has 0 atom stereocenters. The molecule has 0 saturated heterocycles. The topological polar surface area (TPSA) is 109 Å². The number of H-pyrrole nitrogens is 1. The highest BCUT2D eigenvalue weighted by Gasteiger charge is 2.27. The van der Waals surface area contributed by atoms with E-state index in [-0.39, 0.29) is 36.6 Å². The van der Waals surface area contributed by atoms with Crippen LogP contribution in [-0.4, -0.2) is 49.2 Å². The van der Waals surface area contributed by atoms with E-state index in [1.165, 1.54) is 16.4 Å². The number of rotatable bonds is 7. The molecule has 3 aromatic rings. The van der Waals surface area contributed by atoms with Crippen molar-refractivity contribution in [3.8, 4) is 11.5 Å². The first-order valence-electron chi connectivity index (χ1n) is 10.4. The Morgan fingerprint density at radius 2 is 1.81 bits per heavy atom. The molecule has 1 aromatic heterocycles. The van der Waals surface area contributed by atoms with Crippen LogP contribution in [0.3, 0.4) is 0 Å². The first-order valence-corrected chi connectivity index (χ1v) is 11.9. The summed E-state index contributed by atoms with van der Waals surface area (Å²) in [5.41, 5.74) is 2.74. The maximum absolute atomic E-state index is 13.5. The molecule has 4 rings (SSSR count). The van der Waals surface area contributed by atoms with E-state index in [4.69, 9.17) is 9.47 Å². The van der Waals surface area contributed by atoms with Crippen LogP contribution >= 0.6 is 0 Å². The lowest BCUT2D eigenvalue weighted by Gasteiger charge is -2.24. The van der Waals surface area contributed by atoms with Gasteiger partial charge in [0.2, 0.25) is 10.0 Å². The molecule has 0 aliphatic carbocycles. The van der Waals surface area contributed by atoms with E-state index in [1.807, 2.05) is 26.0 Å². The molecule has 2 aromatic carbocycles. The first kappa shape index (κ1) is 22.3. The van der Waals surface area contributed by atoms with Gasteiger partial charge in [0.25, 0.3) is 5.56 Å². The van der Waals surface area contributed by atoms with Crippen molar-refractivity contribution < 1.29 is 23.0 Å². The van der Waals surface area contributed by atoms with Crippen LogP contribution < -0.4 is 15.0 Å². The molecule has 0 saturated carbocycles. The summed E-state index contributed by atoms with van der Waals surface area (Å²) in [4.78, 5) is 15.7. The van der Waals surface area contributed by atoms with Gasteiger partial charge >= 0.3 is 0 Å². The number of pyridine rings is 1. The average Bonchev–Trinajstić information content (AvgIpc) is 2.76. The Morgan fingerprint density at radius 3 is 2.56 bits per heavy atom. The van der Waals surface area contributed by atoms with E-state index in [0.29, 0.717) is 35.8 Å². The summed E-state index contributed by atoms with van der Waals surface area (Å²) in [6, 6.07) is 10.1. The molecule has 1 aliphatic rings. The van der Waals surface area contributed by atoms with Crippen LogP contribution in [0.5, 0.6) is 11.5 Å². The molecule has 8 nitrogen and oxygen atoms in total. The fourth-order valence-electron chi connectivity index (χ4n) is 3.89. The van der Waals surface area contributed by atoms with E-state index in [2.05, 4.69) is 4.98 Å². The number of hydrogen-bond acceptors (Lipinski definition) is 6. The number of aliphatic hydroxyl groups is 1. The molecule has 2 heterocycles. The van der Waals surface area contributed by atoms with E-state index >= 15 is 0 Å². The smallest absolute Gasteiger partial charge is 0.252 e. The van der Waals surface area contributed by atoms with E-state index in [9.17, 15) is 18.3 Å². The third-order valence-corrected chi connectivity index (χ3v) is 7.29. The fraction of sp³-hybridized carbons (Fsp3) is 0.348. The number of fused-ring (bicyclic) bond motifs is 2. The van der Waals surface area contributed by atoms with Gasteiger partial charge in [-0.1, -0.05) is 6.07 Å². The molecule has 0 fully saturated rings. The zero-order valence-corrected chi connectivity index (χ0v) is 18.9. The van der Waals surface area contributed by atoms with Crippen LogP contribution in [0.4, 0.5) is 0 Å². The highest BCUT2D eigenvalue weighted by atomic mass is 32.2. The summed E-state index contributed by atoms with van der Waals surface area (Å²) in [7, 11) is -3.96. The second-order valence-corrected chi connectivity index (χ2v) is 9.83. The van der Waals surface area contributed by atoms with Gasteiger partial charge in [-0.25, -0.2) is 8.42 Å². The molecule has 0 amide bonds. The molecule has 9 heteroatoms. The predicted octanol–water partition coefficient (Wildman–Crippen LogP) is 2.49.